The third kappa shape index (κ3) is 5.47. The number of nitrogens with one attached hydrogen (secondary N) is 1. The summed E-state index contributed by atoms with van der Waals surface area (Å²) < 4.78 is 5.72. The highest BCUT2D eigenvalue weighted by Gasteiger charge is 2.09. The molecule has 2 rings (SSSR count). The van der Waals surface area contributed by atoms with Gasteiger partial charge in [0.2, 0.25) is 5.88 Å². The van der Waals surface area contributed by atoms with Gasteiger partial charge in [0.15, 0.2) is 0 Å². The first-order valence-corrected chi connectivity index (χ1v) is 7.77. The fourth-order valence-electron chi connectivity index (χ4n) is 2.39. The Balaban J connectivity index is 1.67. The Hall–Kier alpha value is -1.13. The lowest BCUT2D eigenvalue weighted by Crippen LogP contribution is -2.33. The number of pyridine rings is 1. The van der Waals surface area contributed by atoms with Gasteiger partial charge in [-0.25, -0.2) is 4.98 Å². The third-order valence-corrected chi connectivity index (χ3v) is 3.62. The number of hydrogen-bond donors (Lipinski definition) is 1. The molecule has 112 valence electrons. The molecular formula is C16H27N3O. The summed E-state index contributed by atoms with van der Waals surface area (Å²) in [4.78, 5) is 6.84. The molecule has 0 aliphatic carbocycles. The van der Waals surface area contributed by atoms with E-state index >= 15 is 0 Å². The molecule has 0 unspecified atom stereocenters. The van der Waals surface area contributed by atoms with E-state index in [2.05, 4.69) is 35.1 Å². The second-order valence-electron chi connectivity index (χ2n) is 5.79. The van der Waals surface area contributed by atoms with Crippen LogP contribution in [0.5, 0.6) is 5.88 Å². The Morgan fingerprint density at radius 3 is 2.70 bits per heavy atom. The summed E-state index contributed by atoms with van der Waals surface area (Å²) in [6, 6.07) is 4.54. The number of rotatable bonds is 7. The predicted molar refractivity (Wildman–Crippen MR) is 82.0 cm³/mol. The zero-order valence-electron chi connectivity index (χ0n) is 12.8. The van der Waals surface area contributed by atoms with Crippen LogP contribution in [0.15, 0.2) is 18.3 Å². The van der Waals surface area contributed by atoms with E-state index < -0.39 is 0 Å². The fourth-order valence-corrected chi connectivity index (χ4v) is 2.39. The predicted octanol–water partition coefficient (Wildman–Crippen LogP) is 2.44. The number of ether oxygens (including phenoxy) is 1. The van der Waals surface area contributed by atoms with Crippen molar-refractivity contribution in [1.82, 2.24) is 15.2 Å². The maximum atomic E-state index is 5.72. The summed E-state index contributed by atoms with van der Waals surface area (Å²) in [6.07, 6.45) is 5.93. The lowest BCUT2D eigenvalue weighted by Gasteiger charge is -2.26. The van der Waals surface area contributed by atoms with Gasteiger partial charge in [0, 0.05) is 31.4 Å². The van der Waals surface area contributed by atoms with Gasteiger partial charge in [-0.15, -0.1) is 0 Å². The summed E-state index contributed by atoms with van der Waals surface area (Å²) in [5.41, 5.74) is 1.20. The molecule has 0 aromatic carbocycles. The van der Waals surface area contributed by atoms with Gasteiger partial charge in [-0.05, 0) is 31.5 Å². The maximum Gasteiger partial charge on any atom is 0.213 e. The van der Waals surface area contributed by atoms with Gasteiger partial charge in [-0.1, -0.05) is 26.3 Å². The van der Waals surface area contributed by atoms with Crippen LogP contribution in [0, 0.1) is 0 Å². The Morgan fingerprint density at radius 2 is 2.05 bits per heavy atom. The van der Waals surface area contributed by atoms with Gasteiger partial charge < -0.3 is 10.1 Å². The highest BCUT2D eigenvalue weighted by molar-refractivity contribution is 5.17. The zero-order chi connectivity index (χ0) is 14.2. The number of hydrogen-bond acceptors (Lipinski definition) is 4. The van der Waals surface area contributed by atoms with Crippen molar-refractivity contribution in [1.29, 1.82) is 0 Å². The molecule has 0 bridgehead atoms. The summed E-state index contributed by atoms with van der Waals surface area (Å²) in [5, 5.41) is 3.38. The topological polar surface area (TPSA) is 37.4 Å². The Bertz CT molecular complexity index is 372. The van der Waals surface area contributed by atoms with E-state index in [1.54, 1.807) is 0 Å². The van der Waals surface area contributed by atoms with Crippen molar-refractivity contribution in [2.45, 2.75) is 45.7 Å². The molecule has 0 amide bonds. The number of piperidine rings is 1. The van der Waals surface area contributed by atoms with Crippen LogP contribution in [0.1, 0.15) is 38.7 Å². The molecule has 4 heteroatoms. The summed E-state index contributed by atoms with van der Waals surface area (Å²) in [7, 11) is 0. The van der Waals surface area contributed by atoms with E-state index in [0.717, 1.165) is 25.6 Å². The second-order valence-corrected chi connectivity index (χ2v) is 5.79. The van der Waals surface area contributed by atoms with Crippen molar-refractivity contribution >= 4 is 0 Å². The highest BCUT2D eigenvalue weighted by Crippen LogP contribution is 2.10. The zero-order valence-corrected chi connectivity index (χ0v) is 12.8. The molecule has 1 aromatic rings. The molecule has 1 N–H and O–H groups in total. The molecule has 0 saturated carbocycles. The minimum Gasteiger partial charge on any atom is -0.476 e. The van der Waals surface area contributed by atoms with Crippen LogP contribution < -0.4 is 10.1 Å². The van der Waals surface area contributed by atoms with Gasteiger partial charge in [0.1, 0.15) is 6.61 Å². The molecule has 0 atom stereocenters. The van der Waals surface area contributed by atoms with Crippen LogP contribution in [0.4, 0.5) is 0 Å². The van der Waals surface area contributed by atoms with Crippen LogP contribution in [0.25, 0.3) is 0 Å². The number of likely N-dealkylation sites (tertiary alicyclic amines) is 1. The van der Waals surface area contributed by atoms with Crippen LogP contribution in [-0.4, -0.2) is 42.2 Å². The Kier molecular flexibility index (Phi) is 6.27. The van der Waals surface area contributed by atoms with Crippen molar-refractivity contribution in [3.63, 3.8) is 0 Å². The summed E-state index contributed by atoms with van der Waals surface area (Å²) in [6.45, 7) is 9.33. The standard InChI is InChI=1S/C16H27N3O/c1-14(2)17-12-15-6-7-16(18-13-15)20-11-10-19-8-4-3-5-9-19/h6-7,13-14,17H,3-5,8-12H2,1-2H3. The molecule has 2 heterocycles. The largest absolute Gasteiger partial charge is 0.476 e. The van der Waals surface area contributed by atoms with E-state index in [0.29, 0.717) is 6.04 Å². The summed E-state index contributed by atoms with van der Waals surface area (Å²) in [5.74, 6) is 0.732. The first-order valence-electron chi connectivity index (χ1n) is 7.77. The molecule has 1 aliphatic rings. The van der Waals surface area contributed by atoms with Crippen molar-refractivity contribution in [3.05, 3.63) is 23.9 Å². The Labute approximate surface area is 122 Å². The van der Waals surface area contributed by atoms with Gasteiger partial charge in [0.25, 0.3) is 0 Å². The third-order valence-electron chi connectivity index (χ3n) is 3.62. The average molecular weight is 277 g/mol. The van der Waals surface area contributed by atoms with E-state index in [1.165, 1.54) is 37.9 Å². The minimum atomic E-state index is 0.496. The van der Waals surface area contributed by atoms with Crippen LogP contribution in [0.2, 0.25) is 0 Å². The van der Waals surface area contributed by atoms with Gasteiger partial charge in [0.05, 0.1) is 0 Å². The van der Waals surface area contributed by atoms with Gasteiger partial charge >= 0.3 is 0 Å². The van der Waals surface area contributed by atoms with Crippen molar-refractivity contribution in [2.24, 2.45) is 0 Å². The van der Waals surface area contributed by atoms with Crippen molar-refractivity contribution < 1.29 is 4.74 Å². The number of nitrogens with zero attached hydrogens (tertiary/aromatic N) is 2. The molecule has 1 saturated heterocycles. The first-order chi connectivity index (χ1) is 9.74. The van der Waals surface area contributed by atoms with Crippen molar-refractivity contribution in [2.75, 3.05) is 26.2 Å². The SMILES string of the molecule is CC(C)NCc1ccc(OCCN2CCCCC2)nc1. The van der Waals surface area contributed by atoms with Crippen LogP contribution >= 0.6 is 0 Å². The molecule has 0 radical (unpaired) electrons. The van der Waals surface area contributed by atoms with E-state index in [-0.39, 0.29) is 0 Å². The van der Waals surface area contributed by atoms with Gasteiger partial charge in [-0.3, -0.25) is 4.90 Å². The lowest BCUT2D eigenvalue weighted by molar-refractivity contribution is 0.180. The second kappa shape index (κ2) is 8.22. The smallest absolute Gasteiger partial charge is 0.213 e. The monoisotopic (exact) mass is 277 g/mol. The molecule has 20 heavy (non-hydrogen) atoms. The molecule has 4 nitrogen and oxygen atoms in total. The molecule has 1 fully saturated rings. The van der Waals surface area contributed by atoms with E-state index in [1.807, 2.05) is 12.3 Å². The van der Waals surface area contributed by atoms with Gasteiger partial charge in [-0.2, -0.15) is 0 Å². The molecule has 0 spiro atoms. The van der Waals surface area contributed by atoms with Crippen molar-refractivity contribution in [3.8, 4) is 5.88 Å². The van der Waals surface area contributed by atoms with E-state index in [4.69, 9.17) is 4.74 Å². The van der Waals surface area contributed by atoms with Crippen LogP contribution in [0.3, 0.4) is 0 Å². The van der Waals surface area contributed by atoms with E-state index in [9.17, 15) is 0 Å². The summed E-state index contributed by atoms with van der Waals surface area (Å²) >= 11 is 0. The highest BCUT2D eigenvalue weighted by atomic mass is 16.5. The minimum absolute atomic E-state index is 0.496. The first kappa shape index (κ1) is 15.3. The quantitative estimate of drug-likeness (QED) is 0.830. The molecule has 1 aromatic heterocycles. The normalized spacial score (nSPS) is 16.6. The Morgan fingerprint density at radius 1 is 1.25 bits per heavy atom. The molecular weight excluding hydrogens is 250 g/mol. The average Bonchev–Trinajstić information content (AvgIpc) is 2.47. The number of aromatic nitrogens is 1. The fraction of sp³-hybridized carbons (Fsp3) is 0.688. The molecule has 1 aliphatic heterocycles. The van der Waals surface area contributed by atoms with Crippen LogP contribution in [-0.2, 0) is 6.54 Å². The lowest BCUT2D eigenvalue weighted by atomic mass is 10.1. The maximum absolute atomic E-state index is 5.72.